The Bertz CT molecular complexity index is 403. The first-order valence-electron chi connectivity index (χ1n) is 5.47. The maximum Gasteiger partial charge on any atom is 0.264 e. The Balaban J connectivity index is 0.000000873. The van der Waals surface area contributed by atoms with Gasteiger partial charge in [0, 0.05) is 6.61 Å². The molecule has 0 aromatic heterocycles. The minimum absolute atomic E-state index is 0.0564. The highest BCUT2D eigenvalue weighted by atomic mass is 32.2. The third-order valence-electron chi connectivity index (χ3n) is 1.89. The highest BCUT2D eigenvalue weighted by Gasteiger charge is 2.12. The molecule has 18 heavy (non-hydrogen) atoms. The van der Waals surface area contributed by atoms with E-state index in [1.165, 1.54) is 0 Å². The number of aliphatic hydroxyl groups excluding tert-OH is 1. The molecule has 0 saturated carbocycles. The van der Waals surface area contributed by atoms with Gasteiger partial charge in [0.1, 0.15) is 0 Å². The molecule has 1 N–H and O–H groups in total. The van der Waals surface area contributed by atoms with Gasteiger partial charge in [0.15, 0.2) is 0 Å². The van der Waals surface area contributed by atoms with Gasteiger partial charge < -0.3 is 5.11 Å². The summed E-state index contributed by atoms with van der Waals surface area (Å²) in [6.45, 7) is 2.12. The fraction of sp³-hybridized carbons (Fsp3) is 0.500. The third kappa shape index (κ3) is 8.52. The molecular formula is C12H20O4S2. The molecule has 6 heteroatoms. The summed E-state index contributed by atoms with van der Waals surface area (Å²) >= 11 is 1.57. The van der Waals surface area contributed by atoms with E-state index in [1.54, 1.807) is 18.7 Å². The second kappa shape index (κ2) is 9.38. The van der Waals surface area contributed by atoms with Crippen molar-refractivity contribution in [3.63, 3.8) is 0 Å². The second-order valence-corrected chi connectivity index (χ2v) is 6.12. The van der Waals surface area contributed by atoms with Crippen molar-refractivity contribution in [1.82, 2.24) is 0 Å². The van der Waals surface area contributed by atoms with Crippen LogP contribution in [0.25, 0.3) is 0 Å². The summed E-state index contributed by atoms with van der Waals surface area (Å²) in [6, 6.07) is 9.72. The molecule has 1 atom stereocenters. The summed E-state index contributed by atoms with van der Waals surface area (Å²) in [7, 11) is -3.35. The monoisotopic (exact) mass is 292 g/mol. The van der Waals surface area contributed by atoms with E-state index in [0.29, 0.717) is 0 Å². The summed E-state index contributed by atoms with van der Waals surface area (Å²) in [5.41, 5.74) is 1.08. The van der Waals surface area contributed by atoms with Crippen molar-refractivity contribution in [3.8, 4) is 0 Å². The minimum atomic E-state index is -3.35. The largest absolute Gasteiger partial charge is 0.397 e. The molecule has 0 bridgehead atoms. The first kappa shape index (κ1) is 17.4. The number of thioether (sulfide) groups is 1. The van der Waals surface area contributed by atoms with Crippen LogP contribution in [0.5, 0.6) is 0 Å². The van der Waals surface area contributed by atoms with Crippen LogP contribution in [0.4, 0.5) is 0 Å². The Morgan fingerprint density at radius 1 is 1.33 bits per heavy atom. The van der Waals surface area contributed by atoms with Crippen molar-refractivity contribution in [3.05, 3.63) is 35.9 Å². The predicted octanol–water partition coefficient (Wildman–Crippen LogP) is 2.07. The summed E-state index contributed by atoms with van der Waals surface area (Å²) < 4.78 is 26.5. The van der Waals surface area contributed by atoms with Crippen molar-refractivity contribution in [2.45, 2.75) is 12.2 Å². The number of aliphatic hydroxyl groups is 1. The fourth-order valence-electron chi connectivity index (χ4n) is 1.15. The maximum absolute atomic E-state index is 10.9. The zero-order valence-corrected chi connectivity index (χ0v) is 12.5. The minimum Gasteiger partial charge on any atom is -0.397 e. The Morgan fingerprint density at radius 2 is 1.83 bits per heavy atom. The van der Waals surface area contributed by atoms with Gasteiger partial charge >= 0.3 is 0 Å². The normalized spacial score (nSPS) is 12.4. The average molecular weight is 292 g/mol. The van der Waals surface area contributed by atoms with Gasteiger partial charge in [-0.1, -0.05) is 30.3 Å². The van der Waals surface area contributed by atoms with Crippen molar-refractivity contribution in [1.29, 1.82) is 0 Å². The second-order valence-electron chi connectivity index (χ2n) is 3.44. The molecule has 104 valence electrons. The molecule has 0 aliphatic heterocycles. The Morgan fingerprint density at radius 3 is 2.22 bits per heavy atom. The van der Waals surface area contributed by atoms with Crippen LogP contribution >= 0.6 is 11.8 Å². The van der Waals surface area contributed by atoms with Gasteiger partial charge in [-0.3, -0.25) is 4.18 Å². The average Bonchev–Trinajstić information content (AvgIpc) is 2.31. The molecular weight excluding hydrogens is 272 g/mol. The quantitative estimate of drug-likeness (QED) is 0.842. The number of rotatable bonds is 5. The molecule has 1 aromatic carbocycles. The Hall–Kier alpha value is -0.560. The lowest BCUT2D eigenvalue weighted by atomic mass is 10.2. The lowest BCUT2D eigenvalue weighted by Gasteiger charge is -2.13. The molecule has 0 amide bonds. The molecule has 1 aromatic rings. The highest BCUT2D eigenvalue weighted by molar-refractivity contribution is 7.98. The predicted molar refractivity (Wildman–Crippen MR) is 76.3 cm³/mol. The van der Waals surface area contributed by atoms with Crippen LogP contribution in [0.1, 0.15) is 17.7 Å². The maximum atomic E-state index is 10.9. The van der Waals surface area contributed by atoms with E-state index in [0.717, 1.165) is 11.8 Å². The summed E-state index contributed by atoms with van der Waals surface area (Å²) in [5.74, 6) is 0. The van der Waals surface area contributed by atoms with Crippen molar-refractivity contribution >= 4 is 21.9 Å². The number of benzene rings is 1. The van der Waals surface area contributed by atoms with Crippen molar-refractivity contribution in [2.75, 3.05) is 25.7 Å². The first-order valence-corrected chi connectivity index (χ1v) is 8.58. The number of hydrogen-bond acceptors (Lipinski definition) is 5. The van der Waals surface area contributed by atoms with E-state index >= 15 is 0 Å². The van der Waals surface area contributed by atoms with E-state index in [4.69, 9.17) is 9.29 Å². The van der Waals surface area contributed by atoms with Crippen molar-refractivity contribution in [2.24, 2.45) is 0 Å². The van der Waals surface area contributed by atoms with Crippen LogP contribution in [-0.4, -0.2) is 39.2 Å². The van der Waals surface area contributed by atoms with Gasteiger partial charge in [-0.05, 0) is 18.7 Å². The topological polar surface area (TPSA) is 63.6 Å². The molecule has 0 aliphatic carbocycles. The standard InChI is InChI=1S/C10H14O3S2.C2H6O/c1-14-10(8-13-15(2,11)12)9-6-4-3-5-7-9;1-2-3/h3-7,10H,8H2,1-2H3;3H,2H2,1H3. The summed E-state index contributed by atoms with van der Waals surface area (Å²) in [6.07, 6.45) is 3.00. The van der Waals surface area contributed by atoms with Gasteiger partial charge in [-0.15, -0.1) is 0 Å². The molecule has 0 saturated heterocycles. The fourth-order valence-corrected chi connectivity index (χ4v) is 2.26. The smallest absolute Gasteiger partial charge is 0.264 e. The van der Waals surface area contributed by atoms with Gasteiger partial charge in [0.05, 0.1) is 18.1 Å². The van der Waals surface area contributed by atoms with Gasteiger partial charge in [-0.2, -0.15) is 20.2 Å². The first-order chi connectivity index (χ1) is 8.44. The Kier molecular flexibility index (Phi) is 9.09. The lowest BCUT2D eigenvalue weighted by Crippen LogP contribution is -2.09. The molecule has 0 aliphatic rings. The van der Waals surface area contributed by atoms with Crippen LogP contribution in [-0.2, 0) is 14.3 Å². The van der Waals surface area contributed by atoms with Crippen LogP contribution in [0.2, 0.25) is 0 Å². The number of hydrogen-bond donors (Lipinski definition) is 1. The molecule has 0 radical (unpaired) electrons. The lowest BCUT2D eigenvalue weighted by molar-refractivity contribution is 0.318. The third-order valence-corrected chi connectivity index (χ3v) is 3.43. The van der Waals surface area contributed by atoms with E-state index in [9.17, 15) is 8.42 Å². The van der Waals surface area contributed by atoms with Crippen LogP contribution in [0.3, 0.4) is 0 Å². The van der Waals surface area contributed by atoms with E-state index in [2.05, 4.69) is 0 Å². The molecule has 4 nitrogen and oxygen atoms in total. The zero-order chi connectivity index (χ0) is 14.0. The van der Waals surface area contributed by atoms with Gasteiger partial charge in [0.2, 0.25) is 0 Å². The van der Waals surface area contributed by atoms with Crippen LogP contribution < -0.4 is 0 Å². The van der Waals surface area contributed by atoms with Crippen LogP contribution in [0, 0.1) is 0 Å². The molecule has 1 unspecified atom stereocenters. The van der Waals surface area contributed by atoms with E-state index < -0.39 is 10.1 Å². The molecule has 0 spiro atoms. The van der Waals surface area contributed by atoms with Crippen LogP contribution in [0.15, 0.2) is 30.3 Å². The van der Waals surface area contributed by atoms with Crippen molar-refractivity contribution < 1.29 is 17.7 Å². The Labute approximate surface area is 113 Å². The zero-order valence-electron chi connectivity index (χ0n) is 10.9. The van der Waals surface area contributed by atoms with E-state index in [-0.39, 0.29) is 18.5 Å². The molecule has 1 rings (SSSR count). The van der Waals surface area contributed by atoms with Gasteiger partial charge in [0.25, 0.3) is 10.1 Å². The SMILES string of the molecule is CCO.CSC(COS(C)(=O)=O)c1ccccc1. The summed E-state index contributed by atoms with van der Waals surface area (Å²) in [5, 5.41) is 7.63. The molecule has 0 heterocycles. The highest BCUT2D eigenvalue weighted by Crippen LogP contribution is 2.26. The molecule has 0 fully saturated rings. The van der Waals surface area contributed by atoms with Gasteiger partial charge in [-0.25, -0.2) is 0 Å². The van der Waals surface area contributed by atoms with E-state index in [1.807, 2.05) is 36.6 Å². The summed E-state index contributed by atoms with van der Waals surface area (Å²) in [4.78, 5) is 0.